The number of nitrogens with one attached hydrogen (secondary N) is 1. The van der Waals surface area contributed by atoms with Gasteiger partial charge >= 0.3 is 0 Å². The van der Waals surface area contributed by atoms with Gasteiger partial charge in [0, 0.05) is 30.6 Å². The second-order valence-corrected chi connectivity index (χ2v) is 7.68. The molecule has 3 aromatic rings. The zero-order valence-corrected chi connectivity index (χ0v) is 15.1. The van der Waals surface area contributed by atoms with Crippen LogP contribution in [0.25, 0.3) is 10.6 Å². The highest BCUT2D eigenvalue weighted by Gasteiger charge is 2.26. The summed E-state index contributed by atoms with van der Waals surface area (Å²) in [5.41, 5.74) is 0.900. The molecular formula is C17H17N5OS2. The minimum absolute atomic E-state index is 0.0264. The lowest BCUT2D eigenvalue weighted by molar-refractivity contribution is -0.120. The Hall–Kier alpha value is -2.32. The van der Waals surface area contributed by atoms with E-state index in [0.29, 0.717) is 5.13 Å². The summed E-state index contributed by atoms with van der Waals surface area (Å²) >= 11 is 3.10. The Morgan fingerprint density at radius 2 is 2.00 bits per heavy atom. The summed E-state index contributed by atoms with van der Waals surface area (Å²) in [6.45, 7) is 1.62. The SMILES string of the molecule is O=C(Nc1nccs1)C1CCN(c2ccc(-c3cccs3)nn2)CC1. The molecule has 0 aliphatic carbocycles. The van der Waals surface area contributed by atoms with E-state index in [9.17, 15) is 4.79 Å². The summed E-state index contributed by atoms with van der Waals surface area (Å²) in [5, 5.41) is 16.1. The fourth-order valence-corrected chi connectivity index (χ4v) is 4.14. The van der Waals surface area contributed by atoms with Gasteiger partial charge in [-0.25, -0.2) is 4.98 Å². The molecule has 1 aliphatic rings. The smallest absolute Gasteiger partial charge is 0.229 e. The van der Waals surface area contributed by atoms with Crippen LogP contribution in [-0.2, 0) is 4.79 Å². The van der Waals surface area contributed by atoms with Crippen molar-refractivity contribution < 1.29 is 4.79 Å². The van der Waals surface area contributed by atoms with E-state index in [0.717, 1.165) is 42.3 Å². The number of aromatic nitrogens is 3. The van der Waals surface area contributed by atoms with Crippen LogP contribution < -0.4 is 10.2 Å². The zero-order chi connectivity index (χ0) is 17.1. The van der Waals surface area contributed by atoms with Crippen molar-refractivity contribution >= 4 is 39.5 Å². The molecular weight excluding hydrogens is 354 g/mol. The number of hydrogen-bond acceptors (Lipinski definition) is 7. The minimum Gasteiger partial charge on any atom is -0.355 e. The molecule has 0 bridgehead atoms. The first kappa shape index (κ1) is 16.2. The lowest BCUT2D eigenvalue weighted by Gasteiger charge is -2.31. The van der Waals surface area contributed by atoms with E-state index in [2.05, 4.69) is 25.4 Å². The summed E-state index contributed by atoms with van der Waals surface area (Å²) in [6, 6.07) is 8.07. The number of nitrogens with zero attached hydrogens (tertiary/aromatic N) is 4. The second kappa shape index (κ2) is 7.28. The molecule has 0 spiro atoms. The third kappa shape index (κ3) is 3.69. The Morgan fingerprint density at radius 3 is 2.64 bits per heavy atom. The van der Waals surface area contributed by atoms with Crippen LogP contribution >= 0.6 is 22.7 Å². The first-order valence-corrected chi connectivity index (χ1v) is 9.88. The predicted molar refractivity (Wildman–Crippen MR) is 101 cm³/mol. The van der Waals surface area contributed by atoms with Crippen LogP contribution in [0.15, 0.2) is 41.2 Å². The third-order valence-corrected chi connectivity index (χ3v) is 5.86. The van der Waals surface area contributed by atoms with Gasteiger partial charge in [0.15, 0.2) is 10.9 Å². The van der Waals surface area contributed by atoms with Gasteiger partial charge in [-0.2, -0.15) is 0 Å². The lowest BCUT2D eigenvalue weighted by atomic mass is 9.96. The van der Waals surface area contributed by atoms with Gasteiger partial charge in [-0.1, -0.05) is 6.07 Å². The number of carbonyl (C=O) groups excluding carboxylic acids is 1. The van der Waals surface area contributed by atoms with Crippen molar-refractivity contribution in [2.75, 3.05) is 23.3 Å². The van der Waals surface area contributed by atoms with Gasteiger partial charge in [0.25, 0.3) is 0 Å². The first-order valence-electron chi connectivity index (χ1n) is 8.12. The van der Waals surface area contributed by atoms with Crippen LogP contribution in [0.5, 0.6) is 0 Å². The Labute approximate surface area is 153 Å². The number of piperidine rings is 1. The van der Waals surface area contributed by atoms with E-state index < -0.39 is 0 Å². The van der Waals surface area contributed by atoms with Crippen LogP contribution in [0.2, 0.25) is 0 Å². The van der Waals surface area contributed by atoms with Crippen LogP contribution in [0.1, 0.15) is 12.8 Å². The van der Waals surface area contributed by atoms with Crippen LogP contribution in [0.3, 0.4) is 0 Å². The van der Waals surface area contributed by atoms with Gasteiger partial charge < -0.3 is 10.2 Å². The van der Waals surface area contributed by atoms with Crippen LogP contribution in [-0.4, -0.2) is 34.2 Å². The monoisotopic (exact) mass is 371 g/mol. The molecule has 6 nitrogen and oxygen atoms in total. The largest absolute Gasteiger partial charge is 0.355 e. The highest BCUT2D eigenvalue weighted by molar-refractivity contribution is 7.14. The highest BCUT2D eigenvalue weighted by atomic mass is 32.1. The van der Waals surface area contributed by atoms with Gasteiger partial charge in [-0.3, -0.25) is 4.79 Å². The van der Waals surface area contributed by atoms with E-state index in [1.807, 2.05) is 35.0 Å². The average molecular weight is 371 g/mol. The molecule has 0 aromatic carbocycles. The van der Waals surface area contributed by atoms with E-state index in [1.54, 1.807) is 17.5 Å². The Balaban J connectivity index is 1.34. The van der Waals surface area contributed by atoms with Gasteiger partial charge in [0.2, 0.25) is 5.91 Å². The number of rotatable bonds is 4. The number of anilines is 2. The third-order valence-electron chi connectivity index (χ3n) is 4.28. The van der Waals surface area contributed by atoms with Crippen molar-refractivity contribution in [2.45, 2.75) is 12.8 Å². The normalized spacial score (nSPS) is 15.3. The molecule has 0 atom stereocenters. The lowest BCUT2D eigenvalue weighted by Crippen LogP contribution is -2.38. The fourth-order valence-electron chi connectivity index (χ4n) is 2.91. The Bertz CT molecular complexity index is 809. The quantitative estimate of drug-likeness (QED) is 0.760. The second-order valence-electron chi connectivity index (χ2n) is 5.84. The molecule has 1 saturated heterocycles. The molecule has 0 radical (unpaired) electrons. The first-order chi connectivity index (χ1) is 12.3. The van der Waals surface area contributed by atoms with Gasteiger partial charge in [0.05, 0.1) is 4.88 Å². The molecule has 4 rings (SSSR count). The van der Waals surface area contributed by atoms with Crippen LogP contribution in [0, 0.1) is 5.92 Å². The summed E-state index contributed by atoms with van der Waals surface area (Å²) in [7, 11) is 0. The molecule has 1 aliphatic heterocycles. The van der Waals surface area contributed by atoms with Gasteiger partial charge in [-0.05, 0) is 36.4 Å². The van der Waals surface area contributed by atoms with E-state index >= 15 is 0 Å². The summed E-state index contributed by atoms with van der Waals surface area (Å²) < 4.78 is 0. The number of hydrogen-bond donors (Lipinski definition) is 1. The van der Waals surface area contributed by atoms with Gasteiger partial charge in [0.1, 0.15) is 5.69 Å². The summed E-state index contributed by atoms with van der Waals surface area (Å²) in [5.74, 6) is 0.964. The molecule has 8 heteroatoms. The molecule has 1 N–H and O–H groups in total. The Kier molecular flexibility index (Phi) is 4.71. The fraction of sp³-hybridized carbons (Fsp3) is 0.294. The average Bonchev–Trinajstić information content (AvgIpc) is 3.36. The van der Waals surface area contributed by atoms with Crippen molar-refractivity contribution in [1.82, 2.24) is 15.2 Å². The van der Waals surface area contributed by atoms with Crippen molar-refractivity contribution in [3.8, 4) is 10.6 Å². The Morgan fingerprint density at radius 1 is 1.12 bits per heavy atom. The maximum Gasteiger partial charge on any atom is 0.229 e. The van der Waals surface area contributed by atoms with E-state index in [-0.39, 0.29) is 11.8 Å². The molecule has 25 heavy (non-hydrogen) atoms. The zero-order valence-electron chi connectivity index (χ0n) is 13.5. The molecule has 0 unspecified atom stereocenters. The number of amides is 1. The number of thiazole rings is 1. The van der Waals surface area contributed by atoms with E-state index in [1.165, 1.54) is 11.3 Å². The molecule has 3 aromatic heterocycles. The molecule has 1 amide bonds. The van der Waals surface area contributed by atoms with Crippen molar-refractivity contribution in [3.05, 3.63) is 41.2 Å². The van der Waals surface area contributed by atoms with E-state index in [4.69, 9.17) is 0 Å². The highest BCUT2D eigenvalue weighted by Crippen LogP contribution is 2.26. The maximum atomic E-state index is 12.3. The predicted octanol–water partition coefficient (Wildman–Crippen LogP) is 3.52. The van der Waals surface area contributed by atoms with Crippen molar-refractivity contribution in [3.63, 3.8) is 0 Å². The van der Waals surface area contributed by atoms with Crippen LogP contribution in [0.4, 0.5) is 10.9 Å². The summed E-state index contributed by atoms with van der Waals surface area (Å²) in [6.07, 6.45) is 3.32. The molecule has 0 saturated carbocycles. The minimum atomic E-state index is 0.0264. The number of thiophene rings is 1. The topological polar surface area (TPSA) is 71.0 Å². The summed E-state index contributed by atoms with van der Waals surface area (Å²) in [4.78, 5) is 19.7. The maximum absolute atomic E-state index is 12.3. The van der Waals surface area contributed by atoms with Crippen molar-refractivity contribution in [2.24, 2.45) is 5.92 Å². The molecule has 4 heterocycles. The molecule has 128 valence electrons. The number of carbonyl (C=O) groups is 1. The molecule has 1 fully saturated rings. The van der Waals surface area contributed by atoms with Crippen molar-refractivity contribution in [1.29, 1.82) is 0 Å². The van der Waals surface area contributed by atoms with Gasteiger partial charge in [-0.15, -0.1) is 32.9 Å². The standard InChI is InChI=1S/C17H17N5OS2/c23-16(19-17-18-7-11-25-17)12-5-8-22(9-6-12)15-4-3-13(20-21-15)14-2-1-10-24-14/h1-4,7,10-12H,5-6,8-9H2,(H,18,19,23).